The zero-order valence-electron chi connectivity index (χ0n) is 16.6. The van der Waals surface area contributed by atoms with Gasteiger partial charge in [0.15, 0.2) is 6.10 Å². The molecule has 0 fully saturated rings. The van der Waals surface area contributed by atoms with Gasteiger partial charge in [-0.1, -0.05) is 18.5 Å². The first-order valence-electron chi connectivity index (χ1n) is 9.41. The molecule has 5 nitrogen and oxygen atoms in total. The molecule has 150 valence electrons. The molecule has 28 heavy (non-hydrogen) atoms. The van der Waals surface area contributed by atoms with Crippen LogP contribution in [-0.2, 0) is 4.79 Å². The maximum Gasteiger partial charge on any atom is 0.261 e. The Morgan fingerprint density at radius 3 is 2.57 bits per heavy atom. The number of methoxy groups -OCH3 is 1. The van der Waals surface area contributed by atoms with Crippen molar-refractivity contribution >= 4 is 17.5 Å². The lowest BCUT2D eigenvalue weighted by atomic mass is 9.89. The minimum atomic E-state index is -0.596. The van der Waals surface area contributed by atoms with E-state index in [1.54, 1.807) is 31.4 Å². The second-order valence-electron chi connectivity index (χ2n) is 7.50. The van der Waals surface area contributed by atoms with Gasteiger partial charge in [0.2, 0.25) is 0 Å². The Bertz CT molecular complexity index is 835. The number of benzene rings is 2. The highest BCUT2D eigenvalue weighted by molar-refractivity contribution is 6.30. The molecule has 6 heteroatoms. The highest BCUT2D eigenvalue weighted by Gasteiger charge is 2.36. The third-order valence-corrected chi connectivity index (χ3v) is 5.00. The van der Waals surface area contributed by atoms with E-state index in [1.807, 2.05) is 39.0 Å². The lowest BCUT2D eigenvalue weighted by Crippen LogP contribution is -2.45. The number of rotatable bonds is 6. The molecule has 0 saturated heterocycles. The molecule has 1 aliphatic heterocycles. The molecular formula is C22H26ClNO4. The largest absolute Gasteiger partial charge is 0.497 e. The quantitative estimate of drug-likeness (QED) is 0.743. The predicted octanol–water partition coefficient (Wildman–Crippen LogP) is 4.92. The molecule has 3 rings (SSSR count). The van der Waals surface area contributed by atoms with Crippen molar-refractivity contribution in [2.45, 2.75) is 51.4 Å². The molecule has 2 aromatic rings. The van der Waals surface area contributed by atoms with Gasteiger partial charge < -0.3 is 19.5 Å². The smallest absolute Gasteiger partial charge is 0.261 e. The van der Waals surface area contributed by atoms with E-state index in [0.29, 0.717) is 23.6 Å². The molecule has 0 aromatic heterocycles. The van der Waals surface area contributed by atoms with Crippen LogP contribution in [0.4, 0.5) is 0 Å². The van der Waals surface area contributed by atoms with Gasteiger partial charge >= 0.3 is 0 Å². The molecule has 1 amide bonds. The van der Waals surface area contributed by atoms with Crippen molar-refractivity contribution in [2.75, 3.05) is 7.11 Å². The normalized spacial score (nSPS) is 18.4. The topological polar surface area (TPSA) is 56.8 Å². The summed E-state index contributed by atoms with van der Waals surface area (Å²) in [6.07, 6.45) is 0.601. The lowest BCUT2D eigenvalue weighted by Gasteiger charge is -2.38. The summed E-state index contributed by atoms with van der Waals surface area (Å²) in [6.45, 7) is 5.95. The maximum atomic E-state index is 13.0. The van der Waals surface area contributed by atoms with Gasteiger partial charge in [-0.2, -0.15) is 0 Å². The molecule has 0 radical (unpaired) electrons. The van der Waals surface area contributed by atoms with Crippen LogP contribution in [0.15, 0.2) is 42.5 Å². The van der Waals surface area contributed by atoms with E-state index in [1.165, 1.54) is 0 Å². The summed E-state index contributed by atoms with van der Waals surface area (Å²) in [4.78, 5) is 13.0. The third kappa shape index (κ3) is 4.71. The summed E-state index contributed by atoms with van der Waals surface area (Å²) in [6, 6.07) is 12.5. The Hall–Kier alpha value is -2.40. The van der Waals surface area contributed by atoms with Gasteiger partial charge in [-0.25, -0.2) is 0 Å². The summed E-state index contributed by atoms with van der Waals surface area (Å²) in [5, 5.41) is 3.76. The zero-order chi connectivity index (χ0) is 20.3. The average Bonchev–Trinajstić information content (AvgIpc) is 2.66. The Labute approximate surface area is 170 Å². The van der Waals surface area contributed by atoms with Crippen LogP contribution in [0.1, 0.15) is 45.2 Å². The van der Waals surface area contributed by atoms with Gasteiger partial charge in [0.25, 0.3) is 5.91 Å². The Morgan fingerprint density at radius 2 is 1.93 bits per heavy atom. The molecule has 2 atom stereocenters. The van der Waals surface area contributed by atoms with Crippen molar-refractivity contribution in [2.24, 2.45) is 0 Å². The number of nitrogens with one attached hydrogen (secondary N) is 1. The van der Waals surface area contributed by atoms with E-state index < -0.39 is 11.7 Å². The van der Waals surface area contributed by atoms with E-state index in [0.717, 1.165) is 17.1 Å². The first kappa shape index (κ1) is 20.3. The van der Waals surface area contributed by atoms with Crippen LogP contribution in [0.2, 0.25) is 5.02 Å². The highest BCUT2D eigenvalue weighted by atomic mass is 35.5. The van der Waals surface area contributed by atoms with Crippen molar-refractivity contribution in [3.8, 4) is 17.2 Å². The molecule has 1 heterocycles. The summed E-state index contributed by atoms with van der Waals surface area (Å²) < 4.78 is 17.3. The SMILES string of the molecule is CC[C@H](Oc1ccc(Cl)cc1)C(=O)N[C@H]1CC(C)(C)Oc2ccc(OC)cc21. The number of carbonyl (C=O) groups is 1. The van der Waals surface area contributed by atoms with Gasteiger partial charge in [-0.3, -0.25) is 4.79 Å². The number of fused-ring (bicyclic) bond motifs is 1. The van der Waals surface area contributed by atoms with Crippen LogP contribution in [0.3, 0.4) is 0 Å². The van der Waals surface area contributed by atoms with Crippen molar-refractivity contribution in [1.29, 1.82) is 0 Å². The molecule has 0 spiro atoms. The molecule has 1 N–H and O–H groups in total. The molecule has 1 aliphatic rings. The van der Waals surface area contributed by atoms with E-state index in [9.17, 15) is 4.79 Å². The number of amides is 1. The number of halogens is 1. The lowest BCUT2D eigenvalue weighted by molar-refractivity contribution is -0.129. The summed E-state index contributed by atoms with van der Waals surface area (Å²) in [5.41, 5.74) is 0.520. The number of ether oxygens (including phenoxy) is 3. The first-order chi connectivity index (χ1) is 13.3. The van der Waals surface area contributed by atoms with Crippen molar-refractivity contribution in [3.05, 3.63) is 53.1 Å². The van der Waals surface area contributed by atoms with Crippen LogP contribution in [0.5, 0.6) is 17.2 Å². The molecule has 2 aromatic carbocycles. The molecule has 0 unspecified atom stereocenters. The predicted molar refractivity (Wildman–Crippen MR) is 109 cm³/mol. The Kier molecular flexibility index (Phi) is 6.04. The first-order valence-corrected chi connectivity index (χ1v) is 9.78. The van der Waals surface area contributed by atoms with Crippen molar-refractivity contribution < 1.29 is 19.0 Å². The molecule has 0 saturated carbocycles. The van der Waals surface area contributed by atoms with Crippen LogP contribution in [0, 0.1) is 0 Å². The van der Waals surface area contributed by atoms with E-state index in [2.05, 4.69) is 5.32 Å². The maximum absolute atomic E-state index is 13.0. The summed E-state index contributed by atoms with van der Waals surface area (Å²) >= 11 is 5.92. The molecular weight excluding hydrogens is 378 g/mol. The summed E-state index contributed by atoms with van der Waals surface area (Å²) in [5.74, 6) is 1.94. The van der Waals surface area contributed by atoms with Crippen LogP contribution < -0.4 is 19.5 Å². The van der Waals surface area contributed by atoms with Crippen LogP contribution in [-0.4, -0.2) is 24.7 Å². The van der Waals surface area contributed by atoms with Crippen LogP contribution in [0.25, 0.3) is 0 Å². The van der Waals surface area contributed by atoms with Gasteiger partial charge in [0.1, 0.15) is 22.8 Å². The monoisotopic (exact) mass is 403 g/mol. The Morgan fingerprint density at radius 1 is 1.25 bits per heavy atom. The van der Waals surface area contributed by atoms with E-state index >= 15 is 0 Å². The second-order valence-corrected chi connectivity index (χ2v) is 7.94. The molecule has 0 bridgehead atoms. The minimum Gasteiger partial charge on any atom is -0.497 e. The van der Waals surface area contributed by atoms with Gasteiger partial charge in [0, 0.05) is 17.0 Å². The minimum absolute atomic E-state index is 0.158. The standard InChI is InChI=1S/C22H26ClNO4/c1-5-19(27-15-8-6-14(23)7-9-15)21(25)24-18-13-22(2,3)28-20-11-10-16(26-4)12-17(18)20/h6-12,18-19H,5,13H2,1-4H3,(H,24,25)/t18-,19-/m0/s1. The Balaban J connectivity index is 1.79. The average molecular weight is 404 g/mol. The van der Waals surface area contributed by atoms with Crippen LogP contribution >= 0.6 is 11.6 Å². The fourth-order valence-electron chi connectivity index (χ4n) is 3.35. The number of hydrogen-bond donors (Lipinski definition) is 1. The second kappa shape index (κ2) is 8.31. The van der Waals surface area contributed by atoms with Gasteiger partial charge in [-0.05, 0) is 62.7 Å². The van der Waals surface area contributed by atoms with E-state index in [4.69, 9.17) is 25.8 Å². The zero-order valence-corrected chi connectivity index (χ0v) is 17.4. The van der Waals surface area contributed by atoms with Crippen molar-refractivity contribution in [1.82, 2.24) is 5.32 Å². The fraction of sp³-hybridized carbons (Fsp3) is 0.409. The highest BCUT2D eigenvalue weighted by Crippen LogP contribution is 2.41. The third-order valence-electron chi connectivity index (χ3n) is 4.75. The number of carbonyl (C=O) groups excluding carboxylic acids is 1. The van der Waals surface area contributed by atoms with Crippen molar-refractivity contribution in [3.63, 3.8) is 0 Å². The molecule has 0 aliphatic carbocycles. The van der Waals surface area contributed by atoms with E-state index in [-0.39, 0.29) is 11.9 Å². The number of hydrogen-bond acceptors (Lipinski definition) is 4. The van der Waals surface area contributed by atoms with Gasteiger partial charge in [-0.15, -0.1) is 0 Å². The fourth-order valence-corrected chi connectivity index (χ4v) is 3.48. The summed E-state index contributed by atoms with van der Waals surface area (Å²) in [7, 11) is 1.62. The van der Waals surface area contributed by atoms with Gasteiger partial charge in [0.05, 0.1) is 13.2 Å².